The van der Waals surface area contributed by atoms with Gasteiger partial charge in [0, 0.05) is 17.6 Å². The Hall–Kier alpha value is -3.39. The van der Waals surface area contributed by atoms with E-state index >= 15 is 0 Å². The van der Waals surface area contributed by atoms with Crippen LogP contribution < -0.4 is 4.90 Å². The highest BCUT2D eigenvalue weighted by molar-refractivity contribution is 5.77. The lowest BCUT2D eigenvalue weighted by Gasteiger charge is -2.25. The zero-order chi connectivity index (χ0) is 17.8. The van der Waals surface area contributed by atoms with Gasteiger partial charge in [-0.3, -0.25) is 4.98 Å². The summed E-state index contributed by atoms with van der Waals surface area (Å²) in [6.07, 6.45) is 3.69. The summed E-state index contributed by atoms with van der Waals surface area (Å²) >= 11 is 0. The van der Waals surface area contributed by atoms with E-state index in [1.807, 2.05) is 18.3 Å². The summed E-state index contributed by atoms with van der Waals surface area (Å²) in [5.41, 5.74) is 6.97. The molecule has 2 heteroatoms. The number of aromatic nitrogens is 1. The minimum atomic E-state index is 1.05. The SMILES string of the molecule is Cc1ccc(N(c2ccc(-c3ccccc3)cc2)c2cccnc2)cc1. The minimum absolute atomic E-state index is 1.05. The fourth-order valence-corrected chi connectivity index (χ4v) is 3.06. The molecule has 2 nitrogen and oxygen atoms in total. The molecule has 126 valence electrons. The van der Waals surface area contributed by atoms with Gasteiger partial charge >= 0.3 is 0 Å². The van der Waals surface area contributed by atoms with Crippen molar-refractivity contribution in [3.8, 4) is 11.1 Å². The van der Waals surface area contributed by atoms with Crippen molar-refractivity contribution in [1.82, 2.24) is 4.98 Å². The highest BCUT2D eigenvalue weighted by Crippen LogP contribution is 2.35. The molecule has 4 aromatic rings. The Balaban J connectivity index is 1.76. The second-order valence-electron chi connectivity index (χ2n) is 6.30. The first-order chi connectivity index (χ1) is 12.8. The lowest BCUT2D eigenvalue weighted by atomic mass is 10.0. The van der Waals surface area contributed by atoms with Gasteiger partial charge in [0.15, 0.2) is 0 Å². The number of benzene rings is 3. The molecule has 26 heavy (non-hydrogen) atoms. The highest BCUT2D eigenvalue weighted by atomic mass is 15.1. The summed E-state index contributed by atoms with van der Waals surface area (Å²) in [4.78, 5) is 6.52. The summed E-state index contributed by atoms with van der Waals surface area (Å²) in [6, 6.07) is 31.7. The van der Waals surface area contributed by atoms with Gasteiger partial charge in [-0.1, -0.05) is 60.2 Å². The molecule has 0 radical (unpaired) electrons. The van der Waals surface area contributed by atoms with Gasteiger partial charge in [-0.2, -0.15) is 0 Å². The van der Waals surface area contributed by atoms with Crippen LogP contribution in [0.15, 0.2) is 103 Å². The van der Waals surface area contributed by atoms with Crippen molar-refractivity contribution in [2.75, 3.05) is 4.90 Å². The van der Waals surface area contributed by atoms with Crippen LogP contribution in [-0.4, -0.2) is 4.98 Å². The monoisotopic (exact) mass is 336 g/mol. The van der Waals surface area contributed by atoms with E-state index in [9.17, 15) is 0 Å². The Kier molecular flexibility index (Phi) is 4.48. The van der Waals surface area contributed by atoms with Gasteiger partial charge in [0.25, 0.3) is 0 Å². The van der Waals surface area contributed by atoms with E-state index in [1.165, 1.54) is 16.7 Å². The van der Waals surface area contributed by atoms with E-state index in [1.54, 1.807) is 6.20 Å². The van der Waals surface area contributed by atoms with Gasteiger partial charge in [-0.15, -0.1) is 0 Å². The second kappa shape index (κ2) is 7.24. The van der Waals surface area contributed by atoms with Gasteiger partial charge in [0.2, 0.25) is 0 Å². The van der Waals surface area contributed by atoms with Crippen molar-refractivity contribution in [2.24, 2.45) is 0 Å². The molecule has 0 aliphatic heterocycles. The van der Waals surface area contributed by atoms with Crippen LogP contribution in [0.3, 0.4) is 0 Å². The van der Waals surface area contributed by atoms with Crippen LogP contribution in [0.5, 0.6) is 0 Å². The number of aryl methyl sites for hydroxylation is 1. The van der Waals surface area contributed by atoms with Crippen molar-refractivity contribution in [3.05, 3.63) is 109 Å². The molecule has 3 aromatic carbocycles. The number of nitrogens with zero attached hydrogens (tertiary/aromatic N) is 2. The van der Waals surface area contributed by atoms with E-state index in [-0.39, 0.29) is 0 Å². The van der Waals surface area contributed by atoms with Crippen LogP contribution in [0.1, 0.15) is 5.56 Å². The molecule has 1 aromatic heterocycles. The van der Waals surface area contributed by atoms with Gasteiger partial charge in [-0.25, -0.2) is 0 Å². The zero-order valence-electron chi connectivity index (χ0n) is 14.7. The molecule has 0 aliphatic carbocycles. The summed E-state index contributed by atoms with van der Waals surface area (Å²) in [6.45, 7) is 2.10. The maximum Gasteiger partial charge on any atom is 0.0644 e. The molecule has 0 N–H and O–H groups in total. The Morgan fingerprint density at radius 3 is 1.81 bits per heavy atom. The quantitative estimate of drug-likeness (QED) is 0.421. The summed E-state index contributed by atoms with van der Waals surface area (Å²) in [5, 5.41) is 0. The third-order valence-corrected chi connectivity index (χ3v) is 4.43. The molecule has 0 spiro atoms. The van der Waals surface area contributed by atoms with Crippen molar-refractivity contribution in [2.45, 2.75) is 6.92 Å². The maximum absolute atomic E-state index is 4.30. The molecule has 0 saturated heterocycles. The van der Waals surface area contributed by atoms with E-state index < -0.39 is 0 Å². The first-order valence-corrected chi connectivity index (χ1v) is 8.73. The summed E-state index contributed by atoms with van der Waals surface area (Å²) in [5.74, 6) is 0. The lowest BCUT2D eigenvalue weighted by molar-refractivity contribution is 1.23. The lowest BCUT2D eigenvalue weighted by Crippen LogP contribution is -2.10. The molecule has 0 atom stereocenters. The average Bonchev–Trinajstić information content (AvgIpc) is 2.72. The van der Waals surface area contributed by atoms with Crippen molar-refractivity contribution >= 4 is 17.1 Å². The fourth-order valence-electron chi connectivity index (χ4n) is 3.06. The predicted molar refractivity (Wildman–Crippen MR) is 109 cm³/mol. The normalized spacial score (nSPS) is 10.5. The van der Waals surface area contributed by atoms with E-state index in [4.69, 9.17) is 0 Å². The second-order valence-corrected chi connectivity index (χ2v) is 6.30. The van der Waals surface area contributed by atoms with Crippen LogP contribution in [-0.2, 0) is 0 Å². The largest absolute Gasteiger partial charge is 0.309 e. The maximum atomic E-state index is 4.30. The Morgan fingerprint density at radius 1 is 0.577 bits per heavy atom. The summed E-state index contributed by atoms with van der Waals surface area (Å²) < 4.78 is 0. The third kappa shape index (κ3) is 3.35. The highest BCUT2D eigenvalue weighted by Gasteiger charge is 2.12. The number of hydrogen-bond acceptors (Lipinski definition) is 2. The first kappa shape index (κ1) is 16.1. The van der Waals surface area contributed by atoms with Gasteiger partial charge in [0.05, 0.1) is 11.9 Å². The van der Waals surface area contributed by atoms with Gasteiger partial charge < -0.3 is 4.90 Å². The van der Waals surface area contributed by atoms with E-state index in [0.29, 0.717) is 0 Å². The van der Waals surface area contributed by atoms with Crippen molar-refractivity contribution in [3.63, 3.8) is 0 Å². The Morgan fingerprint density at radius 2 is 1.19 bits per heavy atom. The van der Waals surface area contributed by atoms with Crippen molar-refractivity contribution < 1.29 is 0 Å². The molecule has 4 rings (SSSR count). The third-order valence-electron chi connectivity index (χ3n) is 4.43. The molecule has 1 heterocycles. The minimum Gasteiger partial charge on any atom is -0.309 e. The van der Waals surface area contributed by atoms with Crippen LogP contribution >= 0.6 is 0 Å². The van der Waals surface area contributed by atoms with Crippen LogP contribution in [0.25, 0.3) is 11.1 Å². The molecule has 0 bridgehead atoms. The number of hydrogen-bond donors (Lipinski definition) is 0. The van der Waals surface area contributed by atoms with Crippen molar-refractivity contribution in [1.29, 1.82) is 0 Å². The van der Waals surface area contributed by atoms with Crippen LogP contribution in [0.4, 0.5) is 17.1 Å². The molecule has 0 fully saturated rings. The van der Waals surface area contributed by atoms with Crippen LogP contribution in [0, 0.1) is 6.92 Å². The molecule has 0 saturated carbocycles. The standard InChI is InChI=1S/C24H20N2/c1-19-9-13-22(14-10-19)26(24-8-5-17-25-18-24)23-15-11-21(12-16-23)20-6-3-2-4-7-20/h2-18H,1H3. The molecule has 0 unspecified atom stereocenters. The molecule has 0 aliphatic rings. The predicted octanol–water partition coefficient (Wildman–Crippen LogP) is 6.53. The molecule has 0 amide bonds. The first-order valence-electron chi connectivity index (χ1n) is 8.73. The van der Waals surface area contributed by atoms with Gasteiger partial charge in [-0.05, 0) is 54.4 Å². The summed E-state index contributed by atoms with van der Waals surface area (Å²) in [7, 11) is 0. The van der Waals surface area contributed by atoms with E-state index in [0.717, 1.165) is 17.1 Å². The molecular weight excluding hydrogens is 316 g/mol. The topological polar surface area (TPSA) is 16.1 Å². The smallest absolute Gasteiger partial charge is 0.0644 e. The number of pyridine rings is 1. The fraction of sp³-hybridized carbons (Fsp3) is 0.0417. The average molecular weight is 336 g/mol. The Bertz CT molecular complexity index is 960. The Labute approximate surface area is 154 Å². The van der Waals surface area contributed by atoms with E-state index in [2.05, 4.69) is 95.7 Å². The number of rotatable bonds is 4. The zero-order valence-corrected chi connectivity index (χ0v) is 14.7. The molecular formula is C24H20N2. The van der Waals surface area contributed by atoms with Crippen LogP contribution in [0.2, 0.25) is 0 Å². The number of anilines is 3. The van der Waals surface area contributed by atoms with Gasteiger partial charge in [0.1, 0.15) is 0 Å².